The molecule has 0 saturated heterocycles. The highest BCUT2D eigenvalue weighted by atomic mass is 19.4. The predicted molar refractivity (Wildman–Crippen MR) is 53.7 cm³/mol. The van der Waals surface area contributed by atoms with Gasteiger partial charge in [-0.15, -0.1) is 0 Å². The highest BCUT2D eigenvalue weighted by Crippen LogP contribution is 2.38. The maximum Gasteiger partial charge on any atom is 0.454 e. The number of halogens is 6. The molecule has 0 aliphatic carbocycles. The number of alkyl halides is 5. The molecule has 1 atom stereocenters. The van der Waals surface area contributed by atoms with Crippen LogP contribution in [0.4, 0.5) is 26.3 Å². The van der Waals surface area contributed by atoms with Gasteiger partial charge in [0.05, 0.1) is 6.04 Å². The molecule has 0 heterocycles. The molecule has 0 saturated carbocycles. The third-order valence-corrected chi connectivity index (χ3v) is 2.50. The van der Waals surface area contributed by atoms with Gasteiger partial charge in [0.15, 0.2) is 0 Å². The van der Waals surface area contributed by atoms with Crippen LogP contribution in [0, 0.1) is 5.82 Å². The van der Waals surface area contributed by atoms with Crippen molar-refractivity contribution < 1.29 is 26.3 Å². The Bertz CT molecular complexity index is 384. The van der Waals surface area contributed by atoms with Crippen molar-refractivity contribution in [2.24, 2.45) is 5.73 Å². The first-order chi connectivity index (χ1) is 8.14. The second kappa shape index (κ2) is 5.17. The molecule has 1 rings (SSSR count). The Labute approximate surface area is 99.6 Å². The van der Waals surface area contributed by atoms with Gasteiger partial charge in [0, 0.05) is 0 Å². The van der Waals surface area contributed by atoms with E-state index in [0.717, 1.165) is 12.1 Å². The Morgan fingerprint density at radius 3 is 1.94 bits per heavy atom. The van der Waals surface area contributed by atoms with Crippen molar-refractivity contribution in [3.8, 4) is 0 Å². The van der Waals surface area contributed by atoms with Crippen LogP contribution in [0.5, 0.6) is 0 Å². The molecule has 7 heteroatoms. The summed E-state index contributed by atoms with van der Waals surface area (Å²) in [6, 6.07) is 2.51. The van der Waals surface area contributed by atoms with Gasteiger partial charge < -0.3 is 5.73 Å². The van der Waals surface area contributed by atoms with Crippen LogP contribution in [0.15, 0.2) is 24.3 Å². The first-order valence-corrected chi connectivity index (χ1v) is 5.09. The Hall–Kier alpha value is -1.24. The van der Waals surface area contributed by atoms with E-state index in [2.05, 4.69) is 0 Å². The minimum atomic E-state index is -5.66. The molecule has 102 valence electrons. The maximum atomic E-state index is 12.8. The lowest BCUT2D eigenvalue weighted by Gasteiger charge is -2.25. The van der Waals surface area contributed by atoms with Crippen LogP contribution in [-0.4, -0.2) is 18.1 Å². The smallest absolute Gasteiger partial charge is 0.322 e. The van der Waals surface area contributed by atoms with Crippen LogP contribution in [0.25, 0.3) is 0 Å². The second-order valence-corrected chi connectivity index (χ2v) is 3.89. The Morgan fingerprint density at radius 2 is 1.50 bits per heavy atom. The van der Waals surface area contributed by atoms with Crippen molar-refractivity contribution in [2.75, 3.05) is 0 Å². The zero-order chi connectivity index (χ0) is 14.0. The van der Waals surface area contributed by atoms with Gasteiger partial charge in [-0.2, -0.15) is 22.0 Å². The predicted octanol–water partition coefficient (Wildman–Crippen LogP) is 3.28. The summed E-state index contributed by atoms with van der Waals surface area (Å²) in [7, 11) is 0. The SMILES string of the molecule is NC(CCc1ccc(F)cc1)C(F)(F)C(F)(F)F. The van der Waals surface area contributed by atoms with Gasteiger partial charge in [0.25, 0.3) is 0 Å². The second-order valence-electron chi connectivity index (χ2n) is 3.89. The van der Waals surface area contributed by atoms with Crippen molar-refractivity contribution in [1.29, 1.82) is 0 Å². The number of hydrogen-bond acceptors (Lipinski definition) is 1. The molecule has 0 amide bonds. The summed E-state index contributed by atoms with van der Waals surface area (Å²) in [6.45, 7) is 0. The first kappa shape index (κ1) is 14.8. The van der Waals surface area contributed by atoms with Gasteiger partial charge in [-0.25, -0.2) is 4.39 Å². The molecule has 2 N–H and O–H groups in total. The molecule has 1 aromatic carbocycles. The standard InChI is InChI=1S/C11H11F6N/c12-8-4-1-7(2-5-8)3-6-9(18)10(13,14)11(15,16)17/h1-2,4-5,9H,3,6,18H2. The third kappa shape index (κ3) is 3.38. The highest BCUT2D eigenvalue weighted by molar-refractivity contribution is 5.16. The topological polar surface area (TPSA) is 26.0 Å². The fraction of sp³-hybridized carbons (Fsp3) is 0.455. The van der Waals surface area contributed by atoms with Gasteiger partial charge in [0.1, 0.15) is 5.82 Å². The van der Waals surface area contributed by atoms with Crippen molar-refractivity contribution >= 4 is 0 Å². The van der Waals surface area contributed by atoms with E-state index in [9.17, 15) is 26.3 Å². The number of rotatable bonds is 4. The zero-order valence-electron chi connectivity index (χ0n) is 9.15. The fourth-order valence-corrected chi connectivity index (χ4v) is 1.36. The van der Waals surface area contributed by atoms with Gasteiger partial charge in [-0.05, 0) is 30.5 Å². The molecule has 0 spiro atoms. The lowest BCUT2D eigenvalue weighted by Crippen LogP contribution is -2.51. The number of hydrogen-bond donors (Lipinski definition) is 1. The summed E-state index contributed by atoms with van der Waals surface area (Å²) >= 11 is 0. The van der Waals surface area contributed by atoms with Crippen LogP contribution in [0.3, 0.4) is 0 Å². The van der Waals surface area contributed by atoms with Crippen molar-refractivity contribution in [2.45, 2.75) is 31.0 Å². The van der Waals surface area contributed by atoms with Crippen LogP contribution in [0.1, 0.15) is 12.0 Å². The number of nitrogens with two attached hydrogens (primary N) is 1. The monoisotopic (exact) mass is 271 g/mol. The van der Waals surface area contributed by atoms with E-state index >= 15 is 0 Å². The first-order valence-electron chi connectivity index (χ1n) is 5.09. The summed E-state index contributed by atoms with van der Waals surface area (Å²) in [5, 5.41) is 0. The molecule has 18 heavy (non-hydrogen) atoms. The van der Waals surface area contributed by atoms with Crippen LogP contribution in [-0.2, 0) is 6.42 Å². The van der Waals surface area contributed by atoms with Crippen molar-refractivity contribution in [1.82, 2.24) is 0 Å². The third-order valence-electron chi connectivity index (χ3n) is 2.50. The van der Waals surface area contributed by atoms with Gasteiger partial charge in [-0.3, -0.25) is 0 Å². The summed E-state index contributed by atoms with van der Waals surface area (Å²) in [4.78, 5) is 0. The summed E-state index contributed by atoms with van der Waals surface area (Å²) in [5.74, 6) is -5.43. The van der Waals surface area contributed by atoms with Crippen LogP contribution in [0.2, 0.25) is 0 Å². The molecule has 1 unspecified atom stereocenters. The summed E-state index contributed by atoms with van der Waals surface area (Å²) < 4.78 is 74.0. The summed E-state index contributed by atoms with van der Waals surface area (Å²) in [5.41, 5.74) is 5.32. The minimum absolute atomic E-state index is 0.0763. The van der Waals surface area contributed by atoms with Crippen molar-refractivity contribution in [3.05, 3.63) is 35.6 Å². The zero-order valence-corrected chi connectivity index (χ0v) is 9.15. The average molecular weight is 271 g/mol. The molecule has 0 radical (unpaired) electrons. The van der Waals surface area contributed by atoms with E-state index in [4.69, 9.17) is 5.73 Å². The fourth-order valence-electron chi connectivity index (χ4n) is 1.36. The van der Waals surface area contributed by atoms with E-state index in [1.54, 1.807) is 0 Å². The average Bonchev–Trinajstić information content (AvgIpc) is 2.26. The molecule has 1 nitrogen and oxygen atoms in total. The Morgan fingerprint density at radius 1 is 1.00 bits per heavy atom. The van der Waals surface area contributed by atoms with E-state index in [-0.39, 0.29) is 6.42 Å². The normalized spacial score (nSPS) is 14.6. The molecule has 0 aliphatic heterocycles. The number of benzene rings is 1. The minimum Gasteiger partial charge on any atom is -0.322 e. The van der Waals surface area contributed by atoms with Crippen LogP contribution < -0.4 is 5.73 Å². The van der Waals surface area contributed by atoms with Crippen LogP contribution >= 0.6 is 0 Å². The highest BCUT2D eigenvalue weighted by Gasteiger charge is 2.60. The van der Waals surface area contributed by atoms with E-state index in [0.29, 0.717) is 5.56 Å². The lowest BCUT2D eigenvalue weighted by molar-refractivity contribution is -0.290. The Balaban J connectivity index is 2.61. The summed E-state index contributed by atoms with van der Waals surface area (Å²) in [6.07, 6.45) is -6.28. The molecule has 0 bridgehead atoms. The Kier molecular flexibility index (Phi) is 4.26. The molecular weight excluding hydrogens is 260 g/mol. The number of aryl methyl sites for hydroxylation is 1. The molecule has 0 aromatic heterocycles. The van der Waals surface area contributed by atoms with Gasteiger partial charge in [0.2, 0.25) is 0 Å². The van der Waals surface area contributed by atoms with Gasteiger partial charge >= 0.3 is 12.1 Å². The maximum absolute atomic E-state index is 12.8. The molecular formula is C11H11F6N. The van der Waals surface area contributed by atoms with E-state index in [1.807, 2.05) is 0 Å². The van der Waals surface area contributed by atoms with Gasteiger partial charge in [-0.1, -0.05) is 12.1 Å². The quantitative estimate of drug-likeness (QED) is 0.835. The van der Waals surface area contributed by atoms with E-state index < -0.39 is 30.4 Å². The molecule has 0 fully saturated rings. The van der Waals surface area contributed by atoms with Crippen molar-refractivity contribution in [3.63, 3.8) is 0 Å². The lowest BCUT2D eigenvalue weighted by atomic mass is 10.0. The largest absolute Gasteiger partial charge is 0.454 e. The van der Waals surface area contributed by atoms with E-state index in [1.165, 1.54) is 12.1 Å². The molecule has 1 aromatic rings. The molecule has 0 aliphatic rings.